The minimum Gasteiger partial charge on any atom is -0.494 e. The number of halogens is 2. The molecule has 82 valence electrons. The van der Waals surface area contributed by atoms with E-state index >= 15 is 0 Å². The van der Waals surface area contributed by atoms with Gasteiger partial charge in [-0.1, -0.05) is 25.4 Å². The molecule has 0 amide bonds. The molecule has 0 N–H and O–H groups in total. The minimum atomic E-state index is -0.985. The molecule has 0 aromatic heterocycles. The Kier molecular flexibility index (Phi) is 4.42. The summed E-state index contributed by atoms with van der Waals surface area (Å²) in [5, 5.41) is -0.450. The Labute approximate surface area is 113 Å². The fourth-order valence-corrected chi connectivity index (χ4v) is 2.46. The molecule has 1 aliphatic heterocycles. The van der Waals surface area contributed by atoms with Gasteiger partial charge in [-0.05, 0) is 39.7 Å². The molecule has 0 aliphatic carbocycles. The summed E-state index contributed by atoms with van der Waals surface area (Å²) in [4.78, 5) is 0. The number of benzene rings is 1. The maximum absolute atomic E-state index is 6.11. The Balaban J connectivity index is 0.000000606. The van der Waals surface area contributed by atoms with Gasteiger partial charge < -0.3 is 4.74 Å². The maximum Gasteiger partial charge on any atom is 0.126 e. The van der Waals surface area contributed by atoms with Gasteiger partial charge in [-0.3, -0.25) is 0 Å². The zero-order valence-corrected chi connectivity index (χ0v) is 11.9. The highest BCUT2D eigenvalue weighted by Crippen LogP contribution is 2.45. The van der Waals surface area contributed by atoms with Crippen molar-refractivity contribution >= 4 is 43.2 Å². The maximum atomic E-state index is 6.11. The topological polar surface area (TPSA) is 9.23 Å². The van der Waals surface area contributed by atoms with E-state index in [1.165, 1.54) is 0 Å². The molecule has 0 unspecified atom stereocenters. The van der Waals surface area contributed by atoms with Crippen LogP contribution in [0.3, 0.4) is 0 Å². The fourth-order valence-electron chi connectivity index (χ4n) is 1.60. The van der Waals surface area contributed by atoms with Gasteiger partial charge in [-0.2, -0.15) is 0 Å². The number of rotatable bonds is 0. The van der Waals surface area contributed by atoms with Gasteiger partial charge >= 0.3 is 0 Å². The van der Waals surface area contributed by atoms with Crippen molar-refractivity contribution in [3.63, 3.8) is 0 Å². The van der Waals surface area contributed by atoms with Crippen molar-refractivity contribution < 1.29 is 4.74 Å². The molecule has 1 aliphatic rings. The van der Waals surface area contributed by atoms with Crippen LogP contribution in [-0.2, 0) is 5.21 Å². The number of ether oxygens (including phenoxy) is 1. The summed E-state index contributed by atoms with van der Waals surface area (Å²) >= 11 is 9.46. The Bertz CT molecular complexity index is 407. The van der Waals surface area contributed by atoms with Crippen molar-refractivity contribution in [2.24, 2.45) is 0 Å². The summed E-state index contributed by atoms with van der Waals surface area (Å²) in [6, 6.07) is 1.89. The molecule has 5 heteroatoms. The van der Waals surface area contributed by atoms with Crippen LogP contribution in [0.2, 0.25) is 5.02 Å². The summed E-state index contributed by atoms with van der Waals surface area (Å²) in [6.07, 6.45) is 0. The molecular weight excluding hydrogens is 285 g/mol. The number of aryl methyl sites for hydroxylation is 1. The average Bonchev–Trinajstić information content (AvgIpc) is 2.55. The molecule has 0 fully saturated rings. The van der Waals surface area contributed by atoms with E-state index in [0.717, 1.165) is 10.0 Å². The Morgan fingerprint density at radius 1 is 1.44 bits per heavy atom. The second kappa shape index (κ2) is 5.05. The molecule has 0 atom stereocenters. The van der Waals surface area contributed by atoms with E-state index in [1.807, 2.05) is 26.8 Å². The molecule has 4 radical (unpaired) electrons. The van der Waals surface area contributed by atoms with Gasteiger partial charge in [0, 0.05) is 10.0 Å². The third-order valence-electron chi connectivity index (χ3n) is 2.28. The van der Waals surface area contributed by atoms with Crippen molar-refractivity contribution in [3.05, 3.63) is 26.7 Å². The Morgan fingerprint density at radius 3 is 2.56 bits per heavy atom. The van der Waals surface area contributed by atoms with Crippen molar-refractivity contribution in [2.75, 3.05) is 6.61 Å². The highest BCUT2D eigenvalue weighted by molar-refractivity contribution is 9.10. The fraction of sp³-hybridized carbons (Fsp3) is 0.455. The van der Waals surface area contributed by atoms with Gasteiger partial charge in [0.15, 0.2) is 0 Å². The van der Waals surface area contributed by atoms with E-state index in [-0.39, 0.29) is 6.61 Å². The van der Waals surface area contributed by atoms with Crippen molar-refractivity contribution in [1.29, 1.82) is 0 Å². The normalized spacial score (nSPS) is 15.8. The molecule has 1 heterocycles. The lowest BCUT2D eigenvalue weighted by Gasteiger charge is -2.18. The van der Waals surface area contributed by atoms with E-state index in [9.17, 15) is 0 Å². The van der Waals surface area contributed by atoms with E-state index < -0.39 is 5.21 Å². The first-order chi connectivity index (χ1) is 7.43. The van der Waals surface area contributed by atoms with Crippen LogP contribution in [0, 0.1) is 6.92 Å². The monoisotopic (exact) mass is 296 g/mol. The lowest BCUT2D eigenvalue weighted by atomic mass is 9.52. The van der Waals surface area contributed by atoms with Gasteiger partial charge in [0.05, 0.1) is 27.3 Å². The van der Waals surface area contributed by atoms with Gasteiger partial charge in [0.25, 0.3) is 0 Å². The van der Waals surface area contributed by atoms with Crippen LogP contribution in [0.4, 0.5) is 0 Å². The van der Waals surface area contributed by atoms with Gasteiger partial charge in [0.2, 0.25) is 0 Å². The summed E-state index contributed by atoms with van der Waals surface area (Å²) in [5.74, 6) is 0.711. The Hall–Kier alpha value is -0.0801. The van der Waals surface area contributed by atoms with Gasteiger partial charge in [-0.15, -0.1) is 0 Å². The first-order valence-corrected chi connectivity index (χ1v) is 6.30. The second-order valence-electron chi connectivity index (χ2n) is 3.52. The first-order valence-electron chi connectivity index (χ1n) is 5.13. The van der Waals surface area contributed by atoms with Gasteiger partial charge in [0.1, 0.15) is 5.75 Å². The third kappa shape index (κ3) is 2.28. The molecule has 0 bridgehead atoms. The summed E-state index contributed by atoms with van der Waals surface area (Å²) in [6.45, 7) is 6.20. The molecule has 2 rings (SSSR count). The standard InChI is InChI=1S/C9H6B2BrClO.C2H6/c1-4-2-5(12)7(13)6-8(4)14-3-9(6,10)11;1-2/h2H,3H2,1H3;1-2H3. The predicted octanol–water partition coefficient (Wildman–Crippen LogP) is 3.32. The summed E-state index contributed by atoms with van der Waals surface area (Å²) in [5.41, 5.74) is 1.67. The number of hydrogen-bond acceptors (Lipinski definition) is 1. The molecule has 0 spiro atoms. The Morgan fingerprint density at radius 2 is 2.00 bits per heavy atom. The van der Waals surface area contributed by atoms with Gasteiger partial charge in [-0.25, -0.2) is 0 Å². The van der Waals surface area contributed by atoms with Crippen LogP contribution >= 0.6 is 27.5 Å². The van der Waals surface area contributed by atoms with E-state index in [2.05, 4.69) is 15.9 Å². The van der Waals surface area contributed by atoms with Crippen LogP contribution in [0.5, 0.6) is 5.75 Å². The molecular formula is C11H12B2BrClO. The zero-order valence-electron chi connectivity index (χ0n) is 9.60. The van der Waals surface area contributed by atoms with Crippen molar-refractivity contribution in [3.8, 4) is 5.75 Å². The zero-order chi connectivity index (χ0) is 12.5. The molecule has 16 heavy (non-hydrogen) atoms. The molecule has 0 saturated carbocycles. The van der Waals surface area contributed by atoms with E-state index in [1.54, 1.807) is 0 Å². The SMILES string of the molecule is CC.[B]C1([B])COc2c(C)cc(Br)c(Cl)c21. The summed E-state index contributed by atoms with van der Waals surface area (Å²) in [7, 11) is 11.8. The average molecular weight is 297 g/mol. The highest BCUT2D eigenvalue weighted by atomic mass is 79.9. The minimum absolute atomic E-state index is 0.263. The molecule has 1 nitrogen and oxygen atoms in total. The van der Waals surface area contributed by atoms with Crippen LogP contribution in [0.15, 0.2) is 10.5 Å². The number of hydrogen-bond donors (Lipinski definition) is 0. The van der Waals surface area contributed by atoms with Crippen molar-refractivity contribution in [2.45, 2.75) is 26.0 Å². The second-order valence-corrected chi connectivity index (χ2v) is 4.75. The smallest absolute Gasteiger partial charge is 0.126 e. The predicted molar refractivity (Wildman–Crippen MR) is 73.9 cm³/mol. The van der Waals surface area contributed by atoms with Crippen LogP contribution in [-0.4, -0.2) is 22.3 Å². The summed E-state index contributed by atoms with van der Waals surface area (Å²) < 4.78 is 6.22. The van der Waals surface area contributed by atoms with E-state index in [4.69, 9.17) is 32.0 Å². The quantitative estimate of drug-likeness (QED) is 0.668. The van der Waals surface area contributed by atoms with Crippen LogP contribution < -0.4 is 4.74 Å². The van der Waals surface area contributed by atoms with Crippen molar-refractivity contribution in [1.82, 2.24) is 0 Å². The molecule has 1 aromatic carbocycles. The van der Waals surface area contributed by atoms with E-state index in [0.29, 0.717) is 16.3 Å². The molecule has 1 aromatic rings. The molecule has 0 saturated heterocycles. The van der Waals surface area contributed by atoms with Crippen LogP contribution in [0.25, 0.3) is 0 Å². The largest absolute Gasteiger partial charge is 0.494 e. The van der Waals surface area contributed by atoms with Crippen LogP contribution in [0.1, 0.15) is 25.0 Å². The number of fused-ring (bicyclic) bond motifs is 1. The lowest BCUT2D eigenvalue weighted by molar-refractivity contribution is 0.341. The lowest BCUT2D eigenvalue weighted by Crippen LogP contribution is -2.28. The first kappa shape index (κ1) is 14.0. The third-order valence-corrected chi connectivity index (χ3v) is 3.52. The highest BCUT2D eigenvalue weighted by Gasteiger charge is 2.34.